The van der Waals surface area contributed by atoms with Crippen LogP contribution in [-0.4, -0.2) is 39.5 Å². The average molecular weight is 477 g/mol. The Kier molecular flexibility index (Phi) is 7.89. The first kappa shape index (κ1) is 23.1. The van der Waals surface area contributed by atoms with E-state index in [2.05, 4.69) is 22.1 Å². The molecule has 3 aromatic rings. The van der Waals surface area contributed by atoms with Gasteiger partial charge in [-0.15, -0.1) is 28.1 Å². The Labute approximate surface area is 193 Å². The van der Waals surface area contributed by atoms with Crippen molar-refractivity contribution < 1.29 is 14.3 Å². The minimum Gasteiger partial charge on any atom is -0.465 e. The number of amides is 1. The number of aryl methyl sites for hydroxylation is 1. The van der Waals surface area contributed by atoms with Gasteiger partial charge in [0.1, 0.15) is 16.4 Å². The zero-order chi connectivity index (χ0) is 22.4. The highest BCUT2D eigenvalue weighted by Crippen LogP contribution is 2.36. The summed E-state index contributed by atoms with van der Waals surface area (Å²) < 4.78 is 6.87. The van der Waals surface area contributed by atoms with Gasteiger partial charge in [0.25, 0.3) is 0 Å². The van der Waals surface area contributed by atoms with Crippen molar-refractivity contribution >= 4 is 51.6 Å². The van der Waals surface area contributed by atoms with Crippen LogP contribution in [0.3, 0.4) is 0 Å². The van der Waals surface area contributed by atoms with Crippen LogP contribution in [-0.2, 0) is 22.5 Å². The number of rotatable bonds is 9. The number of carbonyl (C=O) groups excluding carboxylic acids is 2. The molecule has 0 aliphatic heterocycles. The molecule has 0 fully saturated rings. The number of benzene rings is 1. The molecule has 1 aromatic carbocycles. The summed E-state index contributed by atoms with van der Waals surface area (Å²) in [5, 5.41) is 14.6. The lowest BCUT2D eigenvalue weighted by Gasteiger charge is -2.08. The van der Waals surface area contributed by atoms with Gasteiger partial charge in [0, 0.05) is 28.9 Å². The summed E-state index contributed by atoms with van der Waals surface area (Å²) in [7, 11) is 1.31. The van der Waals surface area contributed by atoms with Crippen LogP contribution >= 0.6 is 34.7 Å². The Morgan fingerprint density at radius 2 is 2.06 bits per heavy atom. The lowest BCUT2D eigenvalue weighted by Crippen LogP contribution is -2.16. The summed E-state index contributed by atoms with van der Waals surface area (Å²) >= 11 is 8.51. The van der Waals surface area contributed by atoms with Crippen LogP contribution in [0.5, 0.6) is 0 Å². The number of ether oxygens (including phenoxy) is 1. The third kappa shape index (κ3) is 5.36. The molecular formula is C21H21ClN4O3S2. The maximum Gasteiger partial charge on any atom is 0.341 e. The normalized spacial score (nSPS) is 10.7. The van der Waals surface area contributed by atoms with Crippen molar-refractivity contribution in [2.75, 3.05) is 18.2 Å². The van der Waals surface area contributed by atoms with Crippen LogP contribution < -0.4 is 5.32 Å². The van der Waals surface area contributed by atoms with E-state index in [1.165, 1.54) is 30.2 Å². The number of esters is 1. The van der Waals surface area contributed by atoms with E-state index in [1.807, 2.05) is 29.0 Å². The third-order valence-electron chi connectivity index (χ3n) is 4.34. The monoisotopic (exact) mass is 476 g/mol. The summed E-state index contributed by atoms with van der Waals surface area (Å²) in [6.07, 6.45) is 2.50. The van der Waals surface area contributed by atoms with Gasteiger partial charge in [-0.1, -0.05) is 48.5 Å². The van der Waals surface area contributed by atoms with Gasteiger partial charge < -0.3 is 14.6 Å². The van der Waals surface area contributed by atoms with Crippen molar-refractivity contribution in [2.24, 2.45) is 0 Å². The van der Waals surface area contributed by atoms with Gasteiger partial charge >= 0.3 is 5.97 Å². The Balaban J connectivity index is 1.77. The zero-order valence-electron chi connectivity index (χ0n) is 17.1. The van der Waals surface area contributed by atoms with E-state index in [1.54, 1.807) is 18.2 Å². The lowest BCUT2D eigenvalue weighted by atomic mass is 10.0. The Hall–Kier alpha value is -2.62. The van der Waals surface area contributed by atoms with Crippen LogP contribution in [0.4, 0.5) is 5.00 Å². The molecule has 31 heavy (non-hydrogen) atoms. The van der Waals surface area contributed by atoms with Gasteiger partial charge in [-0.3, -0.25) is 4.79 Å². The quantitative estimate of drug-likeness (QED) is 0.268. The maximum atomic E-state index is 12.6. The first-order chi connectivity index (χ1) is 15.0. The molecule has 0 saturated heterocycles. The number of thioether (sulfide) groups is 1. The second-order valence-electron chi connectivity index (χ2n) is 6.34. The van der Waals surface area contributed by atoms with E-state index in [-0.39, 0.29) is 11.7 Å². The van der Waals surface area contributed by atoms with Crippen molar-refractivity contribution in [3.8, 4) is 11.1 Å². The van der Waals surface area contributed by atoms with Gasteiger partial charge in [0.2, 0.25) is 5.91 Å². The predicted molar refractivity (Wildman–Crippen MR) is 125 cm³/mol. The minimum absolute atomic E-state index is 0.119. The van der Waals surface area contributed by atoms with E-state index < -0.39 is 5.97 Å². The largest absolute Gasteiger partial charge is 0.465 e. The van der Waals surface area contributed by atoms with Crippen molar-refractivity contribution in [2.45, 2.75) is 25.0 Å². The molecule has 1 amide bonds. The molecule has 2 aromatic heterocycles. The van der Waals surface area contributed by atoms with E-state index in [0.29, 0.717) is 32.9 Å². The molecule has 0 bridgehead atoms. The number of carbonyl (C=O) groups is 2. The van der Waals surface area contributed by atoms with Gasteiger partial charge in [-0.05, 0) is 17.7 Å². The average Bonchev–Trinajstić information content (AvgIpc) is 3.36. The van der Waals surface area contributed by atoms with Crippen molar-refractivity contribution in [1.82, 2.24) is 14.8 Å². The number of methoxy groups -OCH3 is 1. The molecule has 3 rings (SSSR count). The topological polar surface area (TPSA) is 86.1 Å². The second kappa shape index (κ2) is 10.6. The molecule has 162 valence electrons. The van der Waals surface area contributed by atoms with Crippen molar-refractivity contribution in [1.29, 1.82) is 0 Å². The first-order valence-corrected chi connectivity index (χ1v) is 11.6. The highest BCUT2D eigenvalue weighted by atomic mass is 35.5. The van der Waals surface area contributed by atoms with Crippen LogP contribution in [0.2, 0.25) is 5.02 Å². The van der Waals surface area contributed by atoms with Crippen LogP contribution in [0.1, 0.15) is 23.1 Å². The van der Waals surface area contributed by atoms with Gasteiger partial charge in [0.15, 0.2) is 5.16 Å². The highest BCUT2D eigenvalue weighted by molar-refractivity contribution is 7.99. The SMILES string of the molecule is C=CCn1c(CC)nnc1SCC(=O)Nc1scc(-c2ccc(Cl)cc2)c1C(=O)OC. The van der Waals surface area contributed by atoms with Crippen LogP contribution in [0.25, 0.3) is 11.1 Å². The van der Waals surface area contributed by atoms with Gasteiger partial charge in [-0.25, -0.2) is 4.79 Å². The van der Waals surface area contributed by atoms with Crippen LogP contribution in [0, 0.1) is 0 Å². The van der Waals surface area contributed by atoms with Crippen molar-refractivity contribution in [3.05, 3.63) is 58.7 Å². The molecule has 0 aliphatic carbocycles. The number of thiophene rings is 1. The molecule has 2 heterocycles. The second-order valence-corrected chi connectivity index (χ2v) is 8.60. The molecule has 0 unspecified atom stereocenters. The van der Waals surface area contributed by atoms with Gasteiger partial charge in [0.05, 0.1) is 12.9 Å². The molecule has 1 N–H and O–H groups in total. The van der Waals surface area contributed by atoms with E-state index in [4.69, 9.17) is 16.3 Å². The van der Waals surface area contributed by atoms with Gasteiger partial charge in [-0.2, -0.15) is 0 Å². The smallest absolute Gasteiger partial charge is 0.341 e. The molecule has 0 radical (unpaired) electrons. The minimum atomic E-state index is -0.521. The van der Waals surface area contributed by atoms with E-state index in [0.717, 1.165) is 17.8 Å². The number of nitrogens with zero attached hydrogens (tertiary/aromatic N) is 3. The van der Waals surface area contributed by atoms with Crippen molar-refractivity contribution in [3.63, 3.8) is 0 Å². The van der Waals surface area contributed by atoms with E-state index in [9.17, 15) is 9.59 Å². The third-order valence-corrected chi connectivity index (χ3v) is 6.46. The standard InChI is InChI=1S/C21H21ClN4O3S2/c1-4-10-26-16(5-2)24-25-21(26)31-12-17(27)23-19-18(20(28)29-3)15(11-30-19)13-6-8-14(22)9-7-13/h4,6-9,11H,1,5,10,12H2,2-3H3,(H,23,27). The number of allylic oxidation sites excluding steroid dienone is 1. The Morgan fingerprint density at radius 3 is 2.71 bits per heavy atom. The fourth-order valence-corrected chi connectivity index (χ4v) is 4.76. The number of aromatic nitrogens is 3. The highest BCUT2D eigenvalue weighted by Gasteiger charge is 2.22. The number of hydrogen-bond acceptors (Lipinski definition) is 7. The number of anilines is 1. The summed E-state index contributed by atoms with van der Waals surface area (Å²) in [4.78, 5) is 25.1. The van der Waals surface area contributed by atoms with E-state index >= 15 is 0 Å². The maximum absolute atomic E-state index is 12.6. The predicted octanol–water partition coefficient (Wildman–Crippen LogP) is 4.93. The number of hydrogen-bond donors (Lipinski definition) is 1. The molecule has 0 aliphatic rings. The summed E-state index contributed by atoms with van der Waals surface area (Å²) in [6.45, 7) is 6.32. The molecule has 0 saturated carbocycles. The zero-order valence-corrected chi connectivity index (χ0v) is 19.4. The summed E-state index contributed by atoms with van der Waals surface area (Å²) in [5.74, 6) is 0.174. The molecule has 0 spiro atoms. The Bertz CT molecular complexity index is 1090. The summed E-state index contributed by atoms with van der Waals surface area (Å²) in [5.41, 5.74) is 1.80. The first-order valence-electron chi connectivity index (χ1n) is 9.39. The number of halogens is 1. The van der Waals surface area contributed by atoms with Crippen LogP contribution in [0.15, 0.2) is 47.5 Å². The lowest BCUT2D eigenvalue weighted by molar-refractivity contribution is -0.113. The molecule has 0 atom stereocenters. The number of nitrogens with one attached hydrogen (secondary N) is 1. The Morgan fingerprint density at radius 1 is 1.32 bits per heavy atom. The molecule has 10 heteroatoms. The summed E-state index contributed by atoms with van der Waals surface area (Å²) in [6, 6.07) is 7.12. The fraction of sp³-hybridized carbons (Fsp3) is 0.238. The molecule has 7 nitrogen and oxygen atoms in total. The molecular weight excluding hydrogens is 456 g/mol. The fourth-order valence-electron chi connectivity index (χ4n) is 2.89.